The molecular weight excluding hydrogens is 370 g/mol. The number of rotatable bonds is 6. The molecule has 0 radical (unpaired) electrons. The van der Waals surface area contributed by atoms with E-state index in [4.69, 9.17) is 14.2 Å². The number of nitrogens with zero attached hydrogens (tertiary/aromatic N) is 2. The van der Waals surface area contributed by atoms with Gasteiger partial charge < -0.3 is 19.2 Å². The van der Waals surface area contributed by atoms with Gasteiger partial charge in [0.1, 0.15) is 17.1 Å². The molecule has 0 amide bonds. The number of carbonyl (C=O) groups excluding carboxylic acids is 1. The minimum atomic E-state index is -1.46. The topological polar surface area (TPSA) is 103 Å². The van der Waals surface area contributed by atoms with Gasteiger partial charge in [-0.1, -0.05) is 0 Å². The highest BCUT2D eigenvalue weighted by Gasteiger charge is 2.20. The summed E-state index contributed by atoms with van der Waals surface area (Å²) in [5.74, 6) is 0.629. The zero-order chi connectivity index (χ0) is 19.6. The van der Waals surface area contributed by atoms with E-state index in [1.165, 1.54) is 20.4 Å². The first-order valence-electron chi connectivity index (χ1n) is 8.01. The fourth-order valence-corrected chi connectivity index (χ4v) is 3.79. The molecule has 0 bridgehead atoms. The fraction of sp³-hybridized carbons (Fsp3) is 0.278. The summed E-state index contributed by atoms with van der Waals surface area (Å²) >= 11 is 0. The third-order valence-electron chi connectivity index (χ3n) is 4.13. The van der Waals surface area contributed by atoms with Gasteiger partial charge in [-0.3, -0.25) is 9.19 Å². The highest BCUT2D eigenvalue weighted by Crippen LogP contribution is 2.27. The zero-order valence-electron chi connectivity index (χ0n) is 15.4. The van der Waals surface area contributed by atoms with Crippen LogP contribution in [0.3, 0.4) is 0 Å². The lowest BCUT2D eigenvalue weighted by Gasteiger charge is -2.12. The van der Waals surface area contributed by atoms with Crippen LogP contribution < -0.4 is 9.47 Å². The molecule has 1 aromatic carbocycles. The van der Waals surface area contributed by atoms with E-state index < -0.39 is 16.8 Å². The maximum Gasteiger partial charge on any atom is 0.343 e. The van der Waals surface area contributed by atoms with Crippen molar-refractivity contribution in [1.29, 1.82) is 0 Å². The smallest absolute Gasteiger partial charge is 0.343 e. The van der Waals surface area contributed by atoms with Crippen LogP contribution in [0, 0.1) is 6.92 Å². The van der Waals surface area contributed by atoms with Crippen molar-refractivity contribution >= 4 is 27.8 Å². The highest BCUT2D eigenvalue weighted by atomic mass is 32.2. The Morgan fingerprint density at radius 1 is 1.22 bits per heavy atom. The lowest BCUT2D eigenvalue weighted by atomic mass is 10.1. The van der Waals surface area contributed by atoms with Crippen LogP contribution in [-0.2, 0) is 21.3 Å². The van der Waals surface area contributed by atoms with Gasteiger partial charge in [0.05, 0.1) is 54.6 Å². The van der Waals surface area contributed by atoms with Crippen molar-refractivity contribution in [3.8, 4) is 11.5 Å². The number of imidazole rings is 1. The normalized spacial score (nSPS) is 12.0. The fourth-order valence-electron chi connectivity index (χ4n) is 2.69. The van der Waals surface area contributed by atoms with Crippen molar-refractivity contribution in [3.63, 3.8) is 0 Å². The second-order valence-corrected chi connectivity index (χ2v) is 7.05. The number of pyridine rings is 1. The summed E-state index contributed by atoms with van der Waals surface area (Å²) in [6.07, 6.45) is 1.37. The summed E-state index contributed by atoms with van der Waals surface area (Å²) in [6, 6.07) is 5.38. The SMILES string of the molecule is COC(=O)c1cnc(C[S@@](=O)c2nc3ccc(OC)cc3[nH]2)c(C)c1OC. The van der Waals surface area contributed by atoms with Crippen LogP contribution in [0.4, 0.5) is 0 Å². The van der Waals surface area contributed by atoms with Gasteiger partial charge in [-0.2, -0.15) is 0 Å². The van der Waals surface area contributed by atoms with E-state index in [9.17, 15) is 9.00 Å². The van der Waals surface area contributed by atoms with Crippen LogP contribution in [0.2, 0.25) is 0 Å². The van der Waals surface area contributed by atoms with Gasteiger partial charge >= 0.3 is 5.97 Å². The van der Waals surface area contributed by atoms with E-state index in [1.807, 2.05) is 0 Å². The van der Waals surface area contributed by atoms with Crippen molar-refractivity contribution in [2.75, 3.05) is 21.3 Å². The van der Waals surface area contributed by atoms with Crippen LogP contribution in [0.1, 0.15) is 21.6 Å². The molecule has 0 aliphatic carbocycles. The standard InChI is InChI=1S/C18H19N3O5S/c1-10-15(19-8-12(16(10)25-3)17(22)26-4)9-27(23)18-20-13-6-5-11(24-2)7-14(13)21-18/h5-8H,9H2,1-4H3,(H,20,21)/t27-/m1/s1. The molecule has 142 valence electrons. The van der Waals surface area contributed by atoms with Crippen molar-refractivity contribution in [2.45, 2.75) is 17.8 Å². The van der Waals surface area contributed by atoms with Crippen LogP contribution in [0.25, 0.3) is 11.0 Å². The summed E-state index contributed by atoms with van der Waals surface area (Å²) in [5, 5.41) is 0.343. The molecule has 0 saturated heterocycles. The molecule has 0 saturated carbocycles. The Balaban J connectivity index is 1.90. The zero-order valence-corrected chi connectivity index (χ0v) is 16.2. The first kappa shape index (κ1) is 18.8. The third kappa shape index (κ3) is 3.63. The summed E-state index contributed by atoms with van der Waals surface area (Å²) in [4.78, 5) is 23.5. The summed E-state index contributed by atoms with van der Waals surface area (Å²) < 4.78 is 28.0. The number of hydrogen-bond acceptors (Lipinski definition) is 7. The van der Waals surface area contributed by atoms with Gasteiger partial charge in [0.15, 0.2) is 5.16 Å². The van der Waals surface area contributed by atoms with Crippen LogP contribution in [0.5, 0.6) is 11.5 Å². The minimum Gasteiger partial charge on any atom is -0.497 e. The largest absolute Gasteiger partial charge is 0.497 e. The molecule has 0 unspecified atom stereocenters. The van der Waals surface area contributed by atoms with Gasteiger partial charge in [-0.25, -0.2) is 9.78 Å². The number of esters is 1. The number of methoxy groups -OCH3 is 3. The van der Waals surface area contributed by atoms with Crippen LogP contribution >= 0.6 is 0 Å². The third-order valence-corrected chi connectivity index (χ3v) is 5.29. The monoisotopic (exact) mass is 389 g/mol. The van der Waals surface area contributed by atoms with Crippen molar-refractivity contribution in [3.05, 3.63) is 41.2 Å². The molecule has 0 aliphatic heterocycles. The number of benzene rings is 1. The van der Waals surface area contributed by atoms with Gasteiger partial charge in [0.2, 0.25) is 0 Å². The Kier molecular flexibility index (Phi) is 5.41. The second kappa shape index (κ2) is 7.75. The number of aromatic amines is 1. The molecule has 0 fully saturated rings. The molecule has 8 nitrogen and oxygen atoms in total. The van der Waals surface area contributed by atoms with Gasteiger partial charge in [-0.15, -0.1) is 0 Å². The first-order chi connectivity index (χ1) is 13.0. The Morgan fingerprint density at radius 2 is 2.00 bits per heavy atom. The van der Waals surface area contributed by atoms with Gasteiger partial charge in [0.25, 0.3) is 0 Å². The molecule has 2 heterocycles. The number of hydrogen-bond donors (Lipinski definition) is 1. The molecule has 27 heavy (non-hydrogen) atoms. The Morgan fingerprint density at radius 3 is 2.67 bits per heavy atom. The Labute approximate surface area is 158 Å². The molecule has 2 aromatic heterocycles. The molecular formula is C18H19N3O5S. The van der Waals surface area contributed by atoms with Crippen molar-refractivity contribution in [2.24, 2.45) is 0 Å². The molecule has 9 heteroatoms. The lowest BCUT2D eigenvalue weighted by Crippen LogP contribution is -2.10. The van der Waals surface area contributed by atoms with E-state index >= 15 is 0 Å². The summed E-state index contributed by atoms with van der Waals surface area (Å²) in [6.45, 7) is 1.76. The number of carbonyl (C=O) groups is 1. The molecule has 3 aromatic rings. The highest BCUT2D eigenvalue weighted by molar-refractivity contribution is 7.84. The minimum absolute atomic E-state index is 0.126. The molecule has 3 rings (SSSR count). The van der Waals surface area contributed by atoms with E-state index in [0.29, 0.717) is 33.4 Å². The van der Waals surface area contributed by atoms with Gasteiger partial charge in [-0.05, 0) is 19.1 Å². The van der Waals surface area contributed by atoms with E-state index in [0.717, 1.165) is 5.52 Å². The maximum atomic E-state index is 12.8. The van der Waals surface area contributed by atoms with E-state index in [-0.39, 0.29) is 11.3 Å². The van der Waals surface area contributed by atoms with Gasteiger partial charge in [0, 0.05) is 17.8 Å². The Bertz CT molecular complexity index is 1030. The van der Waals surface area contributed by atoms with Crippen molar-refractivity contribution in [1.82, 2.24) is 15.0 Å². The molecule has 0 spiro atoms. The quantitative estimate of drug-likeness (QED) is 0.646. The maximum absolute atomic E-state index is 12.8. The number of H-pyrrole nitrogens is 1. The first-order valence-corrected chi connectivity index (χ1v) is 9.33. The molecule has 1 atom stereocenters. The number of aromatic nitrogens is 3. The van der Waals surface area contributed by atoms with Crippen LogP contribution in [-0.4, -0.2) is 46.5 Å². The Hall–Kier alpha value is -2.94. The number of fused-ring (bicyclic) bond motifs is 1. The summed E-state index contributed by atoms with van der Waals surface area (Å²) in [7, 11) is 2.87. The lowest BCUT2D eigenvalue weighted by molar-refractivity contribution is 0.0596. The molecule has 0 aliphatic rings. The average Bonchev–Trinajstić information content (AvgIpc) is 3.11. The van der Waals surface area contributed by atoms with E-state index in [2.05, 4.69) is 15.0 Å². The van der Waals surface area contributed by atoms with Crippen molar-refractivity contribution < 1.29 is 23.2 Å². The predicted octanol–water partition coefficient (Wildman–Crippen LogP) is 2.38. The summed E-state index contributed by atoms with van der Waals surface area (Å²) in [5.41, 5.74) is 2.84. The predicted molar refractivity (Wildman–Crippen MR) is 99.6 cm³/mol. The average molecular weight is 389 g/mol. The number of nitrogens with one attached hydrogen (secondary N) is 1. The second-order valence-electron chi connectivity index (χ2n) is 5.68. The molecule has 1 N–H and O–H groups in total. The van der Waals surface area contributed by atoms with Crippen LogP contribution in [0.15, 0.2) is 29.6 Å². The van der Waals surface area contributed by atoms with E-state index in [1.54, 1.807) is 32.2 Å². The number of ether oxygens (including phenoxy) is 3.